The highest BCUT2D eigenvalue weighted by molar-refractivity contribution is 8.18. The van der Waals surface area contributed by atoms with E-state index in [1.165, 1.54) is 30.6 Å². The number of hydrogen-bond acceptors (Lipinski definition) is 3. The highest BCUT2D eigenvalue weighted by Gasteiger charge is 2.34. The van der Waals surface area contributed by atoms with Gasteiger partial charge in [-0.2, -0.15) is 0 Å². The summed E-state index contributed by atoms with van der Waals surface area (Å²) >= 11 is 1.05. The standard InChI is InChI=1S/C16H20N2O2S/c1-2-8-18-15(19)14(21-16(18)20)10-12-7-9-17(11-12)13-5-3-4-6-13/h7,9-11,13H,2-6,8H2,1H3/b14-10+. The molecule has 0 atom stereocenters. The molecule has 21 heavy (non-hydrogen) atoms. The van der Waals surface area contributed by atoms with E-state index in [1.54, 1.807) is 0 Å². The Balaban J connectivity index is 1.76. The van der Waals surface area contributed by atoms with Crippen LogP contribution in [0, 0.1) is 0 Å². The summed E-state index contributed by atoms with van der Waals surface area (Å²) in [4.78, 5) is 25.9. The molecule has 1 saturated heterocycles. The average molecular weight is 304 g/mol. The molecular formula is C16H20N2O2S. The number of carbonyl (C=O) groups excluding carboxylic acids is 2. The second-order valence-electron chi connectivity index (χ2n) is 5.66. The second-order valence-corrected chi connectivity index (χ2v) is 6.66. The molecule has 1 aromatic heterocycles. The zero-order chi connectivity index (χ0) is 14.8. The van der Waals surface area contributed by atoms with Gasteiger partial charge in [0.15, 0.2) is 0 Å². The van der Waals surface area contributed by atoms with Gasteiger partial charge in [-0.1, -0.05) is 19.8 Å². The lowest BCUT2D eigenvalue weighted by atomic mass is 10.2. The summed E-state index contributed by atoms with van der Waals surface area (Å²) in [6, 6.07) is 2.62. The zero-order valence-corrected chi connectivity index (χ0v) is 13.1. The molecule has 112 valence electrons. The van der Waals surface area contributed by atoms with Gasteiger partial charge in [-0.3, -0.25) is 14.5 Å². The Morgan fingerprint density at radius 2 is 2.10 bits per heavy atom. The van der Waals surface area contributed by atoms with E-state index in [1.807, 2.05) is 19.1 Å². The van der Waals surface area contributed by atoms with E-state index in [-0.39, 0.29) is 11.1 Å². The lowest BCUT2D eigenvalue weighted by Gasteiger charge is -2.10. The molecule has 2 heterocycles. The van der Waals surface area contributed by atoms with Gasteiger partial charge in [-0.25, -0.2) is 0 Å². The average Bonchev–Trinajstić information content (AvgIpc) is 3.17. The summed E-state index contributed by atoms with van der Waals surface area (Å²) in [6.07, 6.45) is 11.9. The molecule has 3 rings (SSSR count). The van der Waals surface area contributed by atoms with Gasteiger partial charge >= 0.3 is 0 Å². The molecular weight excluding hydrogens is 284 g/mol. The predicted molar refractivity (Wildman–Crippen MR) is 84.9 cm³/mol. The Labute approximate surface area is 129 Å². The Kier molecular flexibility index (Phi) is 4.19. The van der Waals surface area contributed by atoms with Crippen LogP contribution in [0.3, 0.4) is 0 Å². The van der Waals surface area contributed by atoms with E-state index in [0.29, 0.717) is 17.5 Å². The lowest BCUT2D eigenvalue weighted by molar-refractivity contribution is -0.122. The zero-order valence-electron chi connectivity index (χ0n) is 12.2. The molecule has 2 amide bonds. The fraction of sp³-hybridized carbons (Fsp3) is 0.500. The maximum absolute atomic E-state index is 12.2. The van der Waals surface area contributed by atoms with Crippen LogP contribution >= 0.6 is 11.8 Å². The lowest BCUT2D eigenvalue weighted by Crippen LogP contribution is -2.28. The number of nitrogens with zero attached hydrogens (tertiary/aromatic N) is 2. The van der Waals surface area contributed by atoms with Crippen molar-refractivity contribution in [2.75, 3.05) is 6.54 Å². The quantitative estimate of drug-likeness (QED) is 0.788. The van der Waals surface area contributed by atoms with Crippen LogP contribution in [0.25, 0.3) is 6.08 Å². The van der Waals surface area contributed by atoms with Crippen molar-refractivity contribution in [1.29, 1.82) is 0 Å². The molecule has 0 unspecified atom stereocenters. The van der Waals surface area contributed by atoms with E-state index >= 15 is 0 Å². The Hall–Kier alpha value is -1.49. The normalized spacial score (nSPS) is 22.0. The van der Waals surface area contributed by atoms with Crippen LogP contribution in [0.15, 0.2) is 23.4 Å². The molecule has 0 bridgehead atoms. The summed E-state index contributed by atoms with van der Waals surface area (Å²) in [5, 5.41) is -0.150. The van der Waals surface area contributed by atoms with E-state index in [2.05, 4.69) is 17.0 Å². The van der Waals surface area contributed by atoms with E-state index in [9.17, 15) is 9.59 Å². The van der Waals surface area contributed by atoms with Gasteiger partial charge in [-0.05, 0) is 48.7 Å². The molecule has 4 nitrogen and oxygen atoms in total. The van der Waals surface area contributed by atoms with Crippen LogP contribution in [0.4, 0.5) is 4.79 Å². The Morgan fingerprint density at radius 3 is 2.81 bits per heavy atom. The van der Waals surface area contributed by atoms with Gasteiger partial charge in [0.2, 0.25) is 0 Å². The van der Waals surface area contributed by atoms with Gasteiger partial charge in [-0.15, -0.1) is 0 Å². The van der Waals surface area contributed by atoms with Gasteiger partial charge < -0.3 is 4.57 Å². The fourth-order valence-electron chi connectivity index (χ4n) is 3.01. The Morgan fingerprint density at radius 1 is 1.33 bits per heavy atom. The number of thioether (sulfide) groups is 1. The van der Waals surface area contributed by atoms with E-state index in [4.69, 9.17) is 0 Å². The summed E-state index contributed by atoms with van der Waals surface area (Å²) in [5.74, 6) is -0.152. The van der Waals surface area contributed by atoms with Crippen molar-refractivity contribution < 1.29 is 9.59 Å². The summed E-state index contributed by atoms with van der Waals surface area (Å²) < 4.78 is 2.25. The monoisotopic (exact) mass is 304 g/mol. The number of hydrogen-bond donors (Lipinski definition) is 0. The molecule has 1 aromatic rings. The molecule has 5 heteroatoms. The van der Waals surface area contributed by atoms with Crippen molar-refractivity contribution in [2.24, 2.45) is 0 Å². The van der Waals surface area contributed by atoms with Crippen molar-refractivity contribution in [3.63, 3.8) is 0 Å². The van der Waals surface area contributed by atoms with Crippen molar-refractivity contribution in [3.8, 4) is 0 Å². The minimum atomic E-state index is -0.152. The van der Waals surface area contributed by atoms with Crippen LogP contribution in [-0.4, -0.2) is 27.2 Å². The van der Waals surface area contributed by atoms with Crippen molar-refractivity contribution >= 4 is 29.0 Å². The molecule has 0 N–H and O–H groups in total. The first kappa shape index (κ1) is 14.4. The van der Waals surface area contributed by atoms with Gasteiger partial charge in [0.05, 0.1) is 4.91 Å². The third-order valence-electron chi connectivity index (χ3n) is 4.10. The SMILES string of the molecule is CCCN1C(=O)S/C(=C/c2ccn(C3CCCC3)c2)C1=O. The van der Waals surface area contributed by atoms with Crippen LogP contribution in [0.1, 0.15) is 50.6 Å². The van der Waals surface area contributed by atoms with E-state index in [0.717, 1.165) is 23.7 Å². The molecule has 1 aliphatic heterocycles. The second kappa shape index (κ2) is 6.10. The third-order valence-corrected chi connectivity index (χ3v) is 5.01. The van der Waals surface area contributed by atoms with Crippen LogP contribution in [0.2, 0.25) is 0 Å². The highest BCUT2D eigenvalue weighted by Crippen LogP contribution is 2.33. The van der Waals surface area contributed by atoms with Gasteiger partial charge in [0.1, 0.15) is 0 Å². The summed E-state index contributed by atoms with van der Waals surface area (Å²) in [7, 11) is 0. The molecule has 2 aliphatic rings. The van der Waals surface area contributed by atoms with Crippen molar-refractivity contribution in [1.82, 2.24) is 9.47 Å². The minimum Gasteiger partial charge on any atom is -0.351 e. The van der Waals surface area contributed by atoms with Crippen LogP contribution in [-0.2, 0) is 4.79 Å². The largest absolute Gasteiger partial charge is 0.351 e. The maximum atomic E-state index is 12.2. The molecule has 0 spiro atoms. The number of aromatic nitrogens is 1. The molecule has 1 aliphatic carbocycles. The number of carbonyl (C=O) groups is 2. The topological polar surface area (TPSA) is 42.3 Å². The first-order chi connectivity index (χ1) is 10.2. The van der Waals surface area contributed by atoms with Gasteiger partial charge in [0, 0.05) is 25.0 Å². The molecule has 0 aromatic carbocycles. The highest BCUT2D eigenvalue weighted by atomic mass is 32.2. The first-order valence-electron chi connectivity index (χ1n) is 7.62. The molecule has 0 radical (unpaired) electrons. The van der Waals surface area contributed by atoms with Crippen molar-refractivity contribution in [3.05, 3.63) is 28.9 Å². The smallest absolute Gasteiger partial charge is 0.293 e. The molecule has 1 saturated carbocycles. The minimum absolute atomic E-state index is 0.150. The fourth-order valence-corrected chi connectivity index (χ4v) is 3.88. The summed E-state index contributed by atoms with van der Waals surface area (Å²) in [5.41, 5.74) is 1.00. The van der Waals surface area contributed by atoms with Gasteiger partial charge in [0.25, 0.3) is 11.1 Å². The van der Waals surface area contributed by atoms with E-state index < -0.39 is 0 Å². The molecule has 2 fully saturated rings. The first-order valence-corrected chi connectivity index (χ1v) is 8.43. The van der Waals surface area contributed by atoms with Crippen molar-refractivity contribution in [2.45, 2.75) is 45.1 Å². The van der Waals surface area contributed by atoms with Crippen LogP contribution in [0.5, 0.6) is 0 Å². The Bertz CT molecular complexity index is 585. The third kappa shape index (κ3) is 2.93. The number of rotatable bonds is 4. The predicted octanol–water partition coefficient (Wildman–Crippen LogP) is 4.05. The number of imide groups is 1. The summed E-state index contributed by atoms with van der Waals surface area (Å²) in [6.45, 7) is 2.47. The van der Waals surface area contributed by atoms with Crippen LogP contribution < -0.4 is 0 Å². The number of amides is 2. The maximum Gasteiger partial charge on any atom is 0.293 e.